The van der Waals surface area contributed by atoms with Crippen LogP contribution in [0.4, 0.5) is 0 Å². The summed E-state index contributed by atoms with van der Waals surface area (Å²) in [6, 6.07) is 2.03. The van der Waals surface area contributed by atoms with Crippen LogP contribution in [0.5, 0.6) is 5.75 Å². The first-order valence-corrected chi connectivity index (χ1v) is 8.40. The highest BCUT2D eigenvalue weighted by molar-refractivity contribution is 6.27. The van der Waals surface area contributed by atoms with Gasteiger partial charge in [0.1, 0.15) is 24.0 Å². The Kier molecular flexibility index (Phi) is 3.11. The molecule has 5 nitrogen and oxygen atoms in total. The Balaban J connectivity index is 1.69. The molecule has 1 aromatic heterocycles. The summed E-state index contributed by atoms with van der Waals surface area (Å²) in [5, 5.41) is 9.27. The molecule has 2 heterocycles. The number of aromatic nitrogens is 1. The van der Waals surface area contributed by atoms with Crippen LogP contribution in [0.3, 0.4) is 0 Å². The smallest absolute Gasteiger partial charge is 0.229 e. The summed E-state index contributed by atoms with van der Waals surface area (Å²) in [5.74, 6) is 0.766. The van der Waals surface area contributed by atoms with E-state index in [1.807, 2.05) is 11.8 Å². The van der Waals surface area contributed by atoms with Crippen molar-refractivity contribution in [1.82, 2.24) is 9.88 Å². The van der Waals surface area contributed by atoms with Gasteiger partial charge in [0, 0.05) is 22.8 Å². The molecular formula is C17H18ClN3O2. The number of amides is 1. The number of nitriles is 1. The van der Waals surface area contributed by atoms with Crippen molar-refractivity contribution < 1.29 is 9.53 Å². The van der Waals surface area contributed by atoms with Gasteiger partial charge in [-0.2, -0.15) is 5.26 Å². The van der Waals surface area contributed by atoms with Crippen LogP contribution in [-0.4, -0.2) is 33.8 Å². The number of ether oxygens (including phenoxy) is 1. The van der Waals surface area contributed by atoms with Crippen molar-refractivity contribution in [2.75, 3.05) is 13.2 Å². The molecule has 0 aromatic carbocycles. The van der Waals surface area contributed by atoms with Gasteiger partial charge in [-0.05, 0) is 25.7 Å². The predicted octanol–water partition coefficient (Wildman–Crippen LogP) is 2.79. The number of halogens is 1. The molecule has 120 valence electrons. The van der Waals surface area contributed by atoms with Gasteiger partial charge in [-0.3, -0.25) is 9.78 Å². The Morgan fingerprint density at radius 1 is 1.52 bits per heavy atom. The zero-order chi connectivity index (χ0) is 16.2. The topological polar surface area (TPSA) is 66.2 Å². The maximum Gasteiger partial charge on any atom is 0.229 e. The van der Waals surface area contributed by atoms with E-state index in [-0.39, 0.29) is 22.2 Å². The molecule has 0 N–H and O–H groups in total. The second-order valence-corrected chi connectivity index (χ2v) is 7.75. The number of carbonyl (C=O) groups is 1. The number of hydrogen-bond donors (Lipinski definition) is 0. The molecule has 0 spiro atoms. The van der Waals surface area contributed by atoms with E-state index >= 15 is 0 Å². The van der Waals surface area contributed by atoms with Crippen molar-refractivity contribution >= 4 is 17.5 Å². The molecule has 0 saturated heterocycles. The Bertz CT molecular complexity index is 707. The van der Waals surface area contributed by atoms with Gasteiger partial charge in [-0.1, -0.05) is 6.92 Å². The fourth-order valence-electron chi connectivity index (χ4n) is 4.39. The molecule has 4 aliphatic rings. The summed E-state index contributed by atoms with van der Waals surface area (Å²) in [6.07, 6.45) is 6.37. The van der Waals surface area contributed by atoms with Crippen LogP contribution in [0, 0.1) is 16.7 Å². The zero-order valence-electron chi connectivity index (χ0n) is 13.0. The molecule has 6 heteroatoms. The first kappa shape index (κ1) is 14.8. The van der Waals surface area contributed by atoms with Gasteiger partial charge >= 0.3 is 0 Å². The molecule has 3 saturated carbocycles. The monoisotopic (exact) mass is 331 g/mol. The molecule has 23 heavy (non-hydrogen) atoms. The highest BCUT2D eigenvalue weighted by Gasteiger charge is 2.71. The molecular weight excluding hydrogens is 314 g/mol. The van der Waals surface area contributed by atoms with E-state index in [1.165, 1.54) is 6.20 Å². The van der Waals surface area contributed by atoms with E-state index in [1.54, 1.807) is 6.20 Å². The highest BCUT2D eigenvalue weighted by Crippen LogP contribution is 2.71. The van der Waals surface area contributed by atoms with Crippen LogP contribution in [0.1, 0.15) is 49.8 Å². The summed E-state index contributed by atoms with van der Waals surface area (Å²) >= 11 is 6.32. The number of fused-ring (bicyclic) bond motifs is 1. The maximum atomic E-state index is 13.1. The van der Waals surface area contributed by atoms with E-state index in [9.17, 15) is 10.1 Å². The van der Waals surface area contributed by atoms with Crippen molar-refractivity contribution in [1.29, 1.82) is 5.26 Å². The lowest BCUT2D eigenvalue weighted by Gasteiger charge is -2.67. The van der Waals surface area contributed by atoms with Crippen molar-refractivity contribution in [3.8, 4) is 11.8 Å². The van der Waals surface area contributed by atoms with Crippen LogP contribution >= 0.6 is 11.6 Å². The Morgan fingerprint density at radius 3 is 2.87 bits per heavy atom. The zero-order valence-corrected chi connectivity index (χ0v) is 13.8. The number of hydrogen-bond acceptors (Lipinski definition) is 4. The second kappa shape index (κ2) is 4.85. The third kappa shape index (κ3) is 1.98. The number of nitrogens with zero attached hydrogens (tertiary/aromatic N) is 3. The largest absolute Gasteiger partial charge is 0.490 e. The van der Waals surface area contributed by atoms with Crippen molar-refractivity contribution in [2.24, 2.45) is 5.41 Å². The Labute approximate surface area is 140 Å². The van der Waals surface area contributed by atoms with Crippen LogP contribution in [0.25, 0.3) is 0 Å². The molecule has 3 fully saturated rings. The van der Waals surface area contributed by atoms with E-state index in [4.69, 9.17) is 16.3 Å². The quantitative estimate of drug-likeness (QED) is 0.782. The van der Waals surface area contributed by atoms with Crippen molar-refractivity contribution in [2.45, 2.75) is 43.5 Å². The lowest BCUT2D eigenvalue weighted by Crippen LogP contribution is -2.70. The molecule has 1 aromatic rings. The minimum Gasteiger partial charge on any atom is -0.490 e. The fourth-order valence-corrected chi connectivity index (χ4v) is 5.16. The minimum atomic E-state index is -0.250. The van der Waals surface area contributed by atoms with E-state index in [0.717, 1.165) is 31.2 Å². The number of rotatable bonds is 2. The third-order valence-corrected chi connectivity index (χ3v) is 5.83. The first-order chi connectivity index (χ1) is 11.0. The van der Waals surface area contributed by atoms with Gasteiger partial charge in [-0.25, -0.2) is 0 Å². The molecule has 1 atom stereocenters. The normalized spacial score (nSPS) is 34.1. The number of carbonyl (C=O) groups excluding carboxylic acids is 1. The molecule has 3 aliphatic carbocycles. The van der Waals surface area contributed by atoms with Crippen LogP contribution in [0.15, 0.2) is 12.4 Å². The summed E-state index contributed by atoms with van der Waals surface area (Å²) in [7, 11) is 0. The Hall–Kier alpha value is -1.80. The standard InChI is InChI=1S/C17H18ClN3O2/c1-2-13-12-7-20-6-11(5-19)14(12)23-4-3-21(13)15(22)16-8-17(18,9-16)10-16/h6-7,13H,2-4,8-10H2,1H3/t13-,16?,17?/m0/s1. The molecule has 0 unspecified atom stereocenters. The summed E-state index contributed by atoms with van der Waals surface area (Å²) in [5.41, 5.74) is 1.02. The molecule has 1 amide bonds. The van der Waals surface area contributed by atoms with E-state index in [2.05, 4.69) is 11.1 Å². The average Bonchev–Trinajstić information content (AvgIpc) is 2.68. The minimum absolute atomic E-state index is 0.0962. The lowest BCUT2D eigenvalue weighted by molar-refractivity contribution is -0.173. The predicted molar refractivity (Wildman–Crippen MR) is 84.1 cm³/mol. The maximum absolute atomic E-state index is 13.1. The van der Waals surface area contributed by atoms with E-state index in [0.29, 0.717) is 24.5 Å². The number of alkyl halides is 1. The lowest BCUT2D eigenvalue weighted by atomic mass is 9.43. The molecule has 0 radical (unpaired) electrons. The summed E-state index contributed by atoms with van der Waals surface area (Å²) in [4.78, 5) is 19.1. The van der Waals surface area contributed by atoms with Gasteiger partial charge in [0.05, 0.1) is 18.0 Å². The van der Waals surface area contributed by atoms with Crippen LogP contribution < -0.4 is 4.74 Å². The average molecular weight is 332 g/mol. The highest BCUT2D eigenvalue weighted by atomic mass is 35.5. The molecule has 1 aliphatic heterocycles. The SMILES string of the molecule is CC[C@H]1c2cncc(C#N)c2OCCN1C(=O)C12CC(Cl)(C1)C2. The van der Waals surface area contributed by atoms with Gasteiger partial charge in [0.25, 0.3) is 0 Å². The van der Waals surface area contributed by atoms with Gasteiger partial charge < -0.3 is 9.64 Å². The van der Waals surface area contributed by atoms with E-state index < -0.39 is 0 Å². The molecule has 2 bridgehead atoms. The fraction of sp³-hybridized carbons (Fsp3) is 0.588. The first-order valence-electron chi connectivity index (χ1n) is 8.03. The van der Waals surface area contributed by atoms with Gasteiger partial charge in [0.2, 0.25) is 5.91 Å². The van der Waals surface area contributed by atoms with Crippen LogP contribution in [0.2, 0.25) is 0 Å². The summed E-state index contributed by atoms with van der Waals surface area (Å²) < 4.78 is 5.80. The summed E-state index contributed by atoms with van der Waals surface area (Å²) in [6.45, 7) is 2.98. The van der Waals surface area contributed by atoms with Crippen molar-refractivity contribution in [3.05, 3.63) is 23.5 Å². The molecule has 5 rings (SSSR count). The van der Waals surface area contributed by atoms with Gasteiger partial charge in [0.15, 0.2) is 0 Å². The second-order valence-electron chi connectivity index (χ2n) is 6.95. The van der Waals surface area contributed by atoms with Gasteiger partial charge in [-0.15, -0.1) is 11.6 Å². The third-order valence-electron chi connectivity index (χ3n) is 5.43. The Morgan fingerprint density at radius 2 is 2.26 bits per heavy atom. The van der Waals surface area contributed by atoms with Crippen LogP contribution in [-0.2, 0) is 4.79 Å². The van der Waals surface area contributed by atoms with Crippen molar-refractivity contribution in [3.63, 3.8) is 0 Å². The number of pyridine rings is 1.